The quantitative estimate of drug-likeness (QED) is 0.599. The Kier molecular flexibility index (Phi) is 4.24. The van der Waals surface area contributed by atoms with Crippen molar-refractivity contribution in [2.75, 3.05) is 0 Å². The fourth-order valence-electron chi connectivity index (χ4n) is 1.89. The maximum atomic E-state index is 10.9. The van der Waals surface area contributed by atoms with Crippen LogP contribution in [0, 0.1) is 35.3 Å². The van der Waals surface area contributed by atoms with Crippen LogP contribution in [0.25, 0.3) is 0 Å². The largest absolute Gasteiger partial charge is 0.457 e. The lowest BCUT2D eigenvalue weighted by molar-refractivity contribution is -0.385. The standard InChI is InChI=1S/C15H11BrN2O3/c1-9-4-15(10(2)3-14(9)18(19)20)21-13-6-11(8-17)5-12(16)7-13/h3-7H,1-2H3. The van der Waals surface area contributed by atoms with Gasteiger partial charge in [0.1, 0.15) is 11.5 Å². The van der Waals surface area contributed by atoms with Gasteiger partial charge in [0.25, 0.3) is 5.69 Å². The van der Waals surface area contributed by atoms with E-state index in [-0.39, 0.29) is 5.69 Å². The van der Waals surface area contributed by atoms with Gasteiger partial charge >= 0.3 is 0 Å². The zero-order valence-corrected chi connectivity index (χ0v) is 13.0. The summed E-state index contributed by atoms with van der Waals surface area (Å²) < 4.78 is 6.47. The zero-order valence-electron chi connectivity index (χ0n) is 11.4. The Hall–Kier alpha value is -2.39. The zero-order chi connectivity index (χ0) is 15.6. The Balaban J connectivity index is 2.41. The molecule has 0 saturated carbocycles. The van der Waals surface area contributed by atoms with Crippen LogP contribution in [0.3, 0.4) is 0 Å². The Morgan fingerprint density at radius 3 is 2.52 bits per heavy atom. The van der Waals surface area contributed by atoms with Gasteiger partial charge in [-0.05, 0) is 43.7 Å². The number of hydrogen-bond donors (Lipinski definition) is 0. The highest BCUT2D eigenvalue weighted by Gasteiger charge is 2.14. The Morgan fingerprint density at radius 2 is 1.90 bits per heavy atom. The second-order valence-corrected chi connectivity index (χ2v) is 5.47. The van der Waals surface area contributed by atoms with Crippen molar-refractivity contribution in [3.05, 3.63) is 61.6 Å². The van der Waals surface area contributed by atoms with E-state index < -0.39 is 4.92 Å². The monoisotopic (exact) mass is 346 g/mol. The second-order valence-electron chi connectivity index (χ2n) is 4.55. The first kappa shape index (κ1) is 15.0. The minimum Gasteiger partial charge on any atom is -0.457 e. The maximum Gasteiger partial charge on any atom is 0.272 e. The molecule has 0 bridgehead atoms. The van der Waals surface area contributed by atoms with Crippen LogP contribution in [0.2, 0.25) is 0 Å². The molecule has 2 aromatic carbocycles. The minimum atomic E-state index is -0.418. The molecule has 21 heavy (non-hydrogen) atoms. The van der Waals surface area contributed by atoms with Crippen LogP contribution in [0.5, 0.6) is 11.5 Å². The van der Waals surface area contributed by atoms with Gasteiger partial charge in [-0.2, -0.15) is 5.26 Å². The van der Waals surface area contributed by atoms with E-state index in [4.69, 9.17) is 10.00 Å². The fraction of sp³-hybridized carbons (Fsp3) is 0.133. The molecule has 0 N–H and O–H groups in total. The summed E-state index contributed by atoms with van der Waals surface area (Å²) in [7, 11) is 0. The fourth-order valence-corrected chi connectivity index (χ4v) is 2.37. The highest BCUT2D eigenvalue weighted by molar-refractivity contribution is 9.10. The number of ether oxygens (including phenoxy) is 1. The summed E-state index contributed by atoms with van der Waals surface area (Å²) in [5.74, 6) is 1.03. The first-order chi connectivity index (χ1) is 9.90. The minimum absolute atomic E-state index is 0.0619. The van der Waals surface area contributed by atoms with E-state index in [1.807, 2.05) is 6.07 Å². The van der Waals surface area contributed by atoms with Crippen LogP contribution in [-0.2, 0) is 0 Å². The number of aryl methyl sites for hydroxylation is 2. The molecule has 0 aliphatic carbocycles. The number of nitriles is 1. The highest BCUT2D eigenvalue weighted by Crippen LogP contribution is 2.32. The van der Waals surface area contributed by atoms with E-state index in [0.717, 1.165) is 4.47 Å². The van der Waals surface area contributed by atoms with Crippen LogP contribution in [0.4, 0.5) is 5.69 Å². The van der Waals surface area contributed by atoms with Crippen molar-refractivity contribution < 1.29 is 9.66 Å². The third kappa shape index (κ3) is 3.38. The van der Waals surface area contributed by atoms with Crippen molar-refractivity contribution in [3.63, 3.8) is 0 Å². The van der Waals surface area contributed by atoms with Gasteiger partial charge in [0.05, 0.1) is 16.6 Å². The van der Waals surface area contributed by atoms with Crippen molar-refractivity contribution >= 4 is 21.6 Å². The summed E-state index contributed by atoms with van der Waals surface area (Å²) in [4.78, 5) is 10.5. The van der Waals surface area contributed by atoms with Gasteiger partial charge < -0.3 is 4.74 Å². The summed E-state index contributed by atoms with van der Waals surface area (Å²) in [5.41, 5.74) is 1.71. The van der Waals surface area contributed by atoms with E-state index in [1.54, 1.807) is 38.1 Å². The molecule has 0 spiro atoms. The molecule has 2 rings (SSSR count). The molecule has 0 aliphatic heterocycles. The van der Waals surface area contributed by atoms with Gasteiger partial charge in [0.2, 0.25) is 0 Å². The topological polar surface area (TPSA) is 76.2 Å². The van der Waals surface area contributed by atoms with Crippen LogP contribution in [-0.4, -0.2) is 4.92 Å². The van der Waals surface area contributed by atoms with E-state index in [0.29, 0.717) is 28.2 Å². The van der Waals surface area contributed by atoms with Gasteiger partial charge in [-0.3, -0.25) is 10.1 Å². The van der Waals surface area contributed by atoms with Gasteiger partial charge in [-0.1, -0.05) is 15.9 Å². The summed E-state index contributed by atoms with van der Waals surface area (Å²) in [5, 5.41) is 19.8. The molecule has 2 aromatic rings. The smallest absolute Gasteiger partial charge is 0.272 e. The van der Waals surface area contributed by atoms with Gasteiger partial charge in [0.15, 0.2) is 0 Å². The van der Waals surface area contributed by atoms with E-state index in [2.05, 4.69) is 15.9 Å². The molecule has 0 fully saturated rings. The van der Waals surface area contributed by atoms with Crippen molar-refractivity contribution in [2.24, 2.45) is 0 Å². The predicted molar refractivity (Wildman–Crippen MR) is 81.5 cm³/mol. The lowest BCUT2D eigenvalue weighted by atomic mass is 10.1. The number of halogens is 1. The van der Waals surface area contributed by atoms with Crippen molar-refractivity contribution in [2.45, 2.75) is 13.8 Å². The molecule has 0 unspecified atom stereocenters. The lowest BCUT2D eigenvalue weighted by Gasteiger charge is -2.10. The molecular weight excluding hydrogens is 336 g/mol. The Bertz CT molecular complexity index is 766. The van der Waals surface area contributed by atoms with Crippen molar-refractivity contribution in [1.29, 1.82) is 5.26 Å². The summed E-state index contributed by atoms with van der Waals surface area (Å²) >= 11 is 3.31. The SMILES string of the molecule is Cc1cc([N+](=O)[O-])c(C)cc1Oc1cc(Br)cc(C#N)c1. The molecule has 0 atom stereocenters. The number of hydrogen-bond acceptors (Lipinski definition) is 4. The maximum absolute atomic E-state index is 10.9. The lowest BCUT2D eigenvalue weighted by Crippen LogP contribution is -1.95. The molecule has 0 heterocycles. The van der Waals surface area contributed by atoms with E-state index >= 15 is 0 Å². The number of nitrogens with zero attached hydrogens (tertiary/aromatic N) is 2. The van der Waals surface area contributed by atoms with Gasteiger partial charge in [-0.15, -0.1) is 0 Å². The van der Waals surface area contributed by atoms with Gasteiger partial charge in [0, 0.05) is 16.1 Å². The molecule has 0 aliphatic rings. The second kappa shape index (κ2) is 5.94. The predicted octanol–water partition coefficient (Wildman–Crippen LogP) is 4.64. The third-order valence-corrected chi connectivity index (χ3v) is 3.38. The van der Waals surface area contributed by atoms with E-state index in [1.165, 1.54) is 6.07 Å². The molecule has 106 valence electrons. The average molecular weight is 347 g/mol. The van der Waals surface area contributed by atoms with Gasteiger partial charge in [-0.25, -0.2) is 0 Å². The number of rotatable bonds is 3. The third-order valence-electron chi connectivity index (χ3n) is 2.92. The first-order valence-corrected chi connectivity index (χ1v) is 6.84. The summed E-state index contributed by atoms with van der Waals surface area (Å²) in [6.45, 7) is 3.40. The molecule has 0 aromatic heterocycles. The normalized spacial score (nSPS) is 10.0. The molecule has 0 amide bonds. The van der Waals surface area contributed by atoms with Crippen LogP contribution >= 0.6 is 15.9 Å². The molecule has 0 radical (unpaired) electrons. The summed E-state index contributed by atoms with van der Waals surface area (Å²) in [6, 6.07) is 10.2. The molecule has 0 saturated heterocycles. The molecular formula is C15H11BrN2O3. The van der Waals surface area contributed by atoms with Crippen molar-refractivity contribution in [1.82, 2.24) is 0 Å². The molecule has 6 heteroatoms. The van der Waals surface area contributed by atoms with E-state index in [9.17, 15) is 10.1 Å². The summed E-state index contributed by atoms with van der Waals surface area (Å²) in [6.07, 6.45) is 0. The number of nitro benzene ring substituents is 1. The molecule has 5 nitrogen and oxygen atoms in total. The average Bonchev–Trinajstić information content (AvgIpc) is 2.41. The van der Waals surface area contributed by atoms with Crippen LogP contribution in [0.1, 0.15) is 16.7 Å². The number of nitro groups is 1. The van der Waals surface area contributed by atoms with Crippen LogP contribution in [0.15, 0.2) is 34.8 Å². The Morgan fingerprint density at radius 1 is 1.19 bits per heavy atom. The Labute approximate surface area is 130 Å². The first-order valence-electron chi connectivity index (χ1n) is 6.05. The van der Waals surface area contributed by atoms with Crippen LogP contribution < -0.4 is 4.74 Å². The van der Waals surface area contributed by atoms with Crippen molar-refractivity contribution in [3.8, 4) is 17.6 Å². The highest BCUT2D eigenvalue weighted by atomic mass is 79.9. The number of benzene rings is 2.